The van der Waals surface area contributed by atoms with Gasteiger partial charge in [0, 0.05) is 31.7 Å². The Morgan fingerprint density at radius 2 is 2.19 bits per heavy atom. The number of nitrogens with one attached hydrogen (secondary N) is 1. The SMILES string of the molecule is CCn1cc(OC(=O)O)c(=O)c2cc(F)c(N3CC4CCC3CN4)c(F)c21. The van der Waals surface area contributed by atoms with Crippen LogP contribution in [0.3, 0.4) is 0 Å². The van der Waals surface area contributed by atoms with Crippen molar-refractivity contribution >= 4 is 22.7 Å². The van der Waals surface area contributed by atoms with E-state index in [1.54, 1.807) is 11.8 Å². The molecule has 0 spiro atoms. The zero-order valence-electron chi connectivity index (χ0n) is 14.7. The number of benzene rings is 1. The van der Waals surface area contributed by atoms with Crippen LogP contribution in [0.2, 0.25) is 0 Å². The zero-order chi connectivity index (χ0) is 19.3. The molecule has 2 atom stereocenters. The molecular weight excluding hydrogens is 360 g/mol. The second kappa shape index (κ2) is 6.49. The van der Waals surface area contributed by atoms with Crippen LogP contribution >= 0.6 is 0 Å². The topological polar surface area (TPSA) is 83.8 Å². The number of nitrogens with zero attached hydrogens (tertiary/aromatic N) is 2. The largest absolute Gasteiger partial charge is 0.511 e. The summed E-state index contributed by atoms with van der Waals surface area (Å²) in [5, 5.41) is 11.9. The number of rotatable bonds is 3. The predicted octanol–water partition coefficient (Wildman–Crippen LogP) is 2.30. The quantitative estimate of drug-likeness (QED) is 0.797. The van der Waals surface area contributed by atoms with Gasteiger partial charge in [0.25, 0.3) is 0 Å². The molecule has 0 radical (unpaired) electrons. The van der Waals surface area contributed by atoms with E-state index in [2.05, 4.69) is 10.1 Å². The van der Waals surface area contributed by atoms with Gasteiger partial charge in [-0.1, -0.05) is 0 Å². The maximum atomic E-state index is 15.4. The van der Waals surface area contributed by atoms with E-state index in [4.69, 9.17) is 5.11 Å². The number of pyridine rings is 1. The first kappa shape index (κ1) is 17.7. The summed E-state index contributed by atoms with van der Waals surface area (Å²) in [6.45, 7) is 3.13. The Morgan fingerprint density at radius 3 is 2.74 bits per heavy atom. The third-order valence-electron chi connectivity index (χ3n) is 5.37. The maximum Gasteiger partial charge on any atom is 0.511 e. The minimum absolute atomic E-state index is 0.00661. The smallest absolute Gasteiger partial charge is 0.449 e. The van der Waals surface area contributed by atoms with Crippen molar-refractivity contribution in [3.05, 3.63) is 34.1 Å². The van der Waals surface area contributed by atoms with Gasteiger partial charge in [0.05, 0.1) is 17.1 Å². The molecule has 0 saturated carbocycles. The number of hydrogen-bond acceptors (Lipinski definition) is 5. The maximum absolute atomic E-state index is 15.4. The van der Waals surface area contributed by atoms with E-state index in [9.17, 15) is 14.0 Å². The number of piperidine rings is 2. The summed E-state index contributed by atoms with van der Waals surface area (Å²) in [5.41, 5.74) is -1.04. The number of aryl methyl sites for hydroxylation is 1. The highest BCUT2D eigenvalue weighted by Crippen LogP contribution is 2.35. The summed E-state index contributed by atoms with van der Waals surface area (Å²) in [5.74, 6) is -2.12. The molecule has 9 heteroatoms. The minimum atomic E-state index is -1.66. The molecule has 4 heterocycles. The van der Waals surface area contributed by atoms with Gasteiger partial charge in [-0.2, -0.15) is 0 Å². The van der Waals surface area contributed by atoms with Crippen molar-refractivity contribution < 1.29 is 23.4 Å². The average molecular weight is 379 g/mol. The van der Waals surface area contributed by atoms with Crippen LogP contribution in [0.4, 0.5) is 19.3 Å². The molecule has 2 unspecified atom stereocenters. The Bertz CT molecular complexity index is 983. The number of fused-ring (bicyclic) bond motifs is 4. The third kappa shape index (κ3) is 2.82. The Kier molecular flexibility index (Phi) is 4.26. The van der Waals surface area contributed by atoms with E-state index in [0.29, 0.717) is 13.1 Å². The molecule has 0 amide bonds. The minimum Gasteiger partial charge on any atom is -0.449 e. The molecule has 3 aliphatic heterocycles. The van der Waals surface area contributed by atoms with Crippen molar-refractivity contribution in [1.29, 1.82) is 0 Å². The molecule has 27 heavy (non-hydrogen) atoms. The van der Waals surface area contributed by atoms with Gasteiger partial charge in [0.1, 0.15) is 11.5 Å². The van der Waals surface area contributed by atoms with Crippen molar-refractivity contribution in [2.75, 3.05) is 18.0 Å². The van der Waals surface area contributed by atoms with Crippen molar-refractivity contribution in [3.63, 3.8) is 0 Å². The predicted molar refractivity (Wildman–Crippen MR) is 94.6 cm³/mol. The van der Waals surface area contributed by atoms with Crippen LogP contribution in [-0.4, -0.2) is 41.0 Å². The van der Waals surface area contributed by atoms with Gasteiger partial charge in [-0.3, -0.25) is 4.79 Å². The molecule has 2 bridgehead atoms. The number of hydrogen-bond donors (Lipinski definition) is 2. The van der Waals surface area contributed by atoms with E-state index in [0.717, 1.165) is 25.1 Å². The van der Waals surface area contributed by atoms with Crippen molar-refractivity contribution in [3.8, 4) is 5.75 Å². The molecular formula is C18H19F2N3O4. The summed E-state index contributed by atoms with van der Waals surface area (Å²) in [6.07, 6.45) is 1.30. The molecule has 2 N–H and O–H groups in total. The second-order valence-corrected chi connectivity index (χ2v) is 6.88. The van der Waals surface area contributed by atoms with Crippen molar-refractivity contribution in [2.45, 2.75) is 38.4 Å². The fraction of sp³-hybridized carbons (Fsp3) is 0.444. The van der Waals surface area contributed by atoms with Crippen LogP contribution in [0.1, 0.15) is 19.8 Å². The molecule has 144 valence electrons. The lowest BCUT2D eigenvalue weighted by atomic mass is 9.92. The normalized spacial score (nSPS) is 21.7. The van der Waals surface area contributed by atoms with Gasteiger partial charge in [0.2, 0.25) is 5.43 Å². The van der Waals surface area contributed by atoms with E-state index in [1.807, 2.05) is 0 Å². The number of carboxylic acid groups (broad SMARTS) is 1. The standard InChI is InChI=1S/C18H19F2N3O4/c1-2-22-8-13(27-18(25)26)17(24)11-5-12(19)16(14(20)15(11)22)23-7-9-3-4-10(23)6-21-9/h5,8-10,21H,2-4,6-7H2,1H3,(H,25,26). The molecule has 2 aromatic rings. The van der Waals surface area contributed by atoms with Gasteiger partial charge >= 0.3 is 6.16 Å². The van der Waals surface area contributed by atoms with Crippen molar-refractivity contribution in [1.82, 2.24) is 9.88 Å². The molecule has 3 fully saturated rings. The van der Waals surface area contributed by atoms with Gasteiger partial charge in [-0.15, -0.1) is 0 Å². The molecule has 5 rings (SSSR count). The zero-order valence-corrected chi connectivity index (χ0v) is 14.7. The van der Waals surface area contributed by atoms with E-state index in [-0.39, 0.29) is 35.2 Å². The van der Waals surface area contributed by atoms with Crippen LogP contribution in [-0.2, 0) is 6.54 Å². The van der Waals surface area contributed by atoms with Crippen LogP contribution < -0.4 is 20.4 Å². The average Bonchev–Trinajstić information content (AvgIpc) is 2.65. The van der Waals surface area contributed by atoms with E-state index >= 15 is 4.39 Å². The Hall–Kier alpha value is -2.68. The van der Waals surface area contributed by atoms with Gasteiger partial charge in [0.15, 0.2) is 11.6 Å². The first-order valence-electron chi connectivity index (χ1n) is 8.86. The van der Waals surface area contributed by atoms with Gasteiger partial charge < -0.3 is 24.6 Å². The number of anilines is 1. The molecule has 0 aliphatic carbocycles. The number of ether oxygens (including phenoxy) is 1. The van der Waals surface area contributed by atoms with Crippen LogP contribution in [0.25, 0.3) is 10.9 Å². The summed E-state index contributed by atoms with van der Waals surface area (Å²) in [7, 11) is 0. The van der Waals surface area contributed by atoms with E-state index in [1.165, 1.54) is 4.57 Å². The first-order valence-corrected chi connectivity index (χ1v) is 8.86. The fourth-order valence-corrected chi connectivity index (χ4v) is 4.11. The van der Waals surface area contributed by atoms with Crippen LogP contribution in [0, 0.1) is 11.6 Å². The summed E-state index contributed by atoms with van der Waals surface area (Å²) >= 11 is 0. The lowest BCUT2D eigenvalue weighted by molar-refractivity contribution is 0.144. The summed E-state index contributed by atoms with van der Waals surface area (Å²) in [6, 6.07) is 1.16. The Morgan fingerprint density at radius 1 is 1.41 bits per heavy atom. The van der Waals surface area contributed by atoms with Crippen molar-refractivity contribution in [2.24, 2.45) is 0 Å². The molecule has 3 aliphatic rings. The first-order chi connectivity index (χ1) is 12.9. The highest BCUT2D eigenvalue weighted by Gasteiger charge is 2.37. The monoisotopic (exact) mass is 379 g/mol. The third-order valence-corrected chi connectivity index (χ3v) is 5.37. The Balaban J connectivity index is 1.93. The molecule has 7 nitrogen and oxygen atoms in total. The molecule has 1 aromatic carbocycles. The summed E-state index contributed by atoms with van der Waals surface area (Å²) in [4.78, 5) is 25.0. The van der Waals surface area contributed by atoms with E-state index < -0.39 is 29.0 Å². The lowest BCUT2D eigenvalue weighted by Gasteiger charge is -2.47. The highest BCUT2D eigenvalue weighted by molar-refractivity contribution is 5.86. The Labute approximate surface area is 153 Å². The number of carbonyl (C=O) groups is 1. The van der Waals surface area contributed by atoms with Crippen LogP contribution in [0.15, 0.2) is 17.1 Å². The summed E-state index contributed by atoms with van der Waals surface area (Å²) < 4.78 is 36.2. The fourth-order valence-electron chi connectivity index (χ4n) is 4.11. The lowest BCUT2D eigenvalue weighted by Crippen LogP contribution is -2.61. The molecule has 3 saturated heterocycles. The number of aromatic nitrogens is 1. The van der Waals surface area contributed by atoms with Gasteiger partial charge in [-0.25, -0.2) is 13.6 Å². The second-order valence-electron chi connectivity index (χ2n) is 6.88. The van der Waals surface area contributed by atoms with Crippen LogP contribution in [0.5, 0.6) is 5.75 Å². The highest BCUT2D eigenvalue weighted by atomic mass is 19.1. The number of halogens is 2. The molecule has 1 aromatic heterocycles. The van der Waals surface area contributed by atoms with Gasteiger partial charge in [-0.05, 0) is 25.8 Å². The number of piperazine rings is 1.